The second-order valence-corrected chi connectivity index (χ2v) is 7.79. The Labute approximate surface area is 149 Å². The van der Waals surface area contributed by atoms with Crippen molar-refractivity contribution in [3.63, 3.8) is 0 Å². The molecule has 0 spiro atoms. The zero-order valence-corrected chi connectivity index (χ0v) is 15.6. The maximum atomic E-state index is 12.2. The molecule has 1 fully saturated rings. The first-order valence-electron chi connectivity index (χ1n) is 7.68. The number of piperidine rings is 1. The molecule has 1 saturated heterocycles. The molecule has 0 aliphatic carbocycles. The van der Waals surface area contributed by atoms with Crippen molar-refractivity contribution in [3.05, 3.63) is 33.1 Å². The van der Waals surface area contributed by atoms with Gasteiger partial charge in [0.15, 0.2) is 5.17 Å². The minimum Gasteiger partial charge on any atom is -0.496 e. The number of hydrogen-bond donors (Lipinski definition) is 0. The Kier molecular flexibility index (Phi) is 5.11. The normalized spacial score (nSPS) is 21.0. The molecule has 0 bridgehead atoms. The first-order chi connectivity index (χ1) is 11.1. The third-order valence-corrected chi connectivity index (χ3v) is 5.68. The number of rotatable bonds is 2. The molecule has 23 heavy (non-hydrogen) atoms. The van der Waals surface area contributed by atoms with Crippen LogP contribution in [-0.2, 0) is 4.79 Å². The van der Waals surface area contributed by atoms with Crippen LogP contribution < -0.4 is 4.74 Å². The van der Waals surface area contributed by atoms with E-state index in [0.717, 1.165) is 52.8 Å². The van der Waals surface area contributed by atoms with Gasteiger partial charge in [-0.1, -0.05) is 22.9 Å². The minimum absolute atomic E-state index is 0.161. The van der Waals surface area contributed by atoms with Crippen molar-refractivity contribution in [2.75, 3.05) is 20.2 Å². The summed E-state index contributed by atoms with van der Waals surface area (Å²) in [6.45, 7) is 4.23. The molecule has 4 nitrogen and oxygen atoms in total. The van der Waals surface area contributed by atoms with Gasteiger partial charge in [-0.2, -0.15) is 4.99 Å². The second-order valence-electron chi connectivity index (χ2n) is 5.87. The number of likely N-dealkylation sites (tertiary alicyclic amines) is 1. The minimum atomic E-state index is -0.161. The molecule has 0 atom stereocenters. The molecule has 6 heteroatoms. The predicted molar refractivity (Wildman–Crippen MR) is 98.7 cm³/mol. The van der Waals surface area contributed by atoms with E-state index in [0.29, 0.717) is 4.91 Å². The Morgan fingerprint density at radius 3 is 2.83 bits per heavy atom. The molecule has 0 radical (unpaired) electrons. The van der Waals surface area contributed by atoms with Gasteiger partial charge in [-0.05, 0) is 54.8 Å². The van der Waals surface area contributed by atoms with E-state index in [-0.39, 0.29) is 5.91 Å². The van der Waals surface area contributed by atoms with Crippen LogP contribution in [0.5, 0.6) is 5.75 Å². The zero-order valence-electron chi connectivity index (χ0n) is 13.2. The highest BCUT2D eigenvalue weighted by Crippen LogP contribution is 2.34. The summed E-state index contributed by atoms with van der Waals surface area (Å²) >= 11 is 4.92. The molecule has 0 N–H and O–H groups in total. The Balaban J connectivity index is 1.78. The number of aliphatic imine (C=N–C) groups is 1. The Morgan fingerprint density at radius 2 is 2.13 bits per heavy atom. The summed E-state index contributed by atoms with van der Waals surface area (Å²) in [6, 6.07) is 5.75. The molecule has 122 valence electrons. The Hall–Kier alpha value is -1.27. The van der Waals surface area contributed by atoms with Crippen LogP contribution in [0.15, 0.2) is 32.6 Å². The van der Waals surface area contributed by atoms with Gasteiger partial charge in [-0.15, -0.1) is 0 Å². The highest BCUT2D eigenvalue weighted by molar-refractivity contribution is 9.10. The fraction of sp³-hybridized carbons (Fsp3) is 0.412. The van der Waals surface area contributed by atoms with Gasteiger partial charge in [0.25, 0.3) is 5.91 Å². The lowest BCUT2D eigenvalue weighted by Gasteiger charge is -2.30. The van der Waals surface area contributed by atoms with Crippen molar-refractivity contribution in [2.24, 2.45) is 10.9 Å². The molecule has 0 saturated carbocycles. The van der Waals surface area contributed by atoms with Crippen LogP contribution >= 0.6 is 27.7 Å². The number of halogens is 1. The van der Waals surface area contributed by atoms with E-state index in [1.165, 1.54) is 11.8 Å². The number of nitrogens with zero attached hydrogens (tertiary/aromatic N) is 2. The average Bonchev–Trinajstić information content (AvgIpc) is 2.89. The number of hydrogen-bond acceptors (Lipinski definition) is 4. The molecular weight excluding hydrogens is 376 g/mol. The number of methoxy groups -OCH3 is 1. The smallest absolute Gasteiger partial charge is 0.286 e. The van der Waals surface area contributed by atoms with Crippen molar-refractivity contribution in [1.82, 2.24) is 4.90 Å². The monoisotopic (exact) mass is 394 g/mol. The van der Waals surface area contributed by atoms with E-state index >= 15 is 0 Å². The van der Waals surface area contributed by atoms with E-state index in [1.54, 1.807) is 7.11 Å². The number of thioether (sulfide) groups is 1. The zero-order chi connectivity index (χ0) is 16.4. The summed E-state index contributed by atoms with van der Waals surface area (Å²) in [5.74, 6) is 1.34. The summed E-state index contributed by atoms with van der Waals surface area (Å²) < 4.78 is 6.32. The molecule has 0 unspecified atom stereocenters. The van der Waals surface area contributed by atoms with Crippen molar-refractivity contribution in [2.45, 2.75) is 19.8 Å². The summed E-state index contributed by atoms with van der Waals surface area (Å²) in [5.41, 5.74) is 0.876. The van der Waals surface area contributed by atoms with Crippen molar-refractivity contribution < 1.29 is 9.53 Å². The highest BCUT2D eigenvalue weighted by Gasteiger charge is 2.28. The van der Waals surface area contributed by atoms with Gasteiger partial charge in [-0.3, -0.25) is 4.79 Å². The standard InChI is InChI=1S/C17H19BrN2O2S/c1-11-5-7-20(8-6-11)17-19-16(21)15(23-17)10-12-9-13(18)3-4-14(12)22-2/h3-4,9-11H,5-8H2,1-2H3. The topological polar surface area (TPSA) is 41.9 Å². The summed E-state index contributed by atoms with van der Waals surface area (Å²) in [5, 5.41) is 0.835. The number of benzene rings is 1. The van der Waals surface area contributed by atoms with Gasteiger partial charge in [-0.25, -0.2) is 0 Å². The molecule has 2 aliphatic heterocycles. The fourth-order valence-corrected chi connectivity index (χ4v) is 4.03. The van der Waals surface area contributed by atoms with Crippen molar-refractivity contribution >= 4 is 44.8 Å². The maximum absolute atomic E-state index is 12.2. The second kappa shape index (κ2) is 7.09. The molecule has 2 aliphatic rings. The molecule has 0 aromatic heterocycles. The number of carbonyl (C=O) groups is 1. The van der Waals surface area contributed by atoms with Crippen LogP contribution in [0.4, 0.5) is 0 Å². The van der Waals surface area contributed by atoms with E-state index < -0.39 is 0 Å². The lowest BCUT2D eigenvalue weighted by molar-refractivity contribution is -0.113. The third-order valence-electron chi connectivity index (χ3n) is 4.14. The fourth-order valence-electron chi connectivity index (χ4n) is 2.69. The van der Waals surface area contributed by atoms with Crippen LogP contribution in [0.2, 0.25) is 0 Å². The van der Waals surface area contributed by atoms with E-state index in [9.17, 15) is 4.79 Å². The first-order valence-corrected chi connectivity index (χ1v) is 9.29. The molecule has 1 amide bonds. The van der Waals surface area contributed by atoms with Crippen LogP contribution in [0.3, 0.4) is 0 Å². The molecule has 1 aromatic carbocycles. The largest absolute Gasteiger partial charge is 0.496 e. The van der Waals surface area contributed by atoms with Crippen molar-refractivity contribution in [1.29, 1.82) is 0 Å². The first kappa shape index (κ1) is 16.6. The number of amidine groups is 1. The average molecular weight is 395 g/mol. The number of ether oxygens (including phenoxy) is 1. The molecule has 1 aromatic rings. The van der Waals surface area contributed by atoms with Gasteiger partial charge >= 0.3 is 0 Å². The lowest BCUT2D eigenvalue weighted by atomic mass is 10.00. The van der Waals surface area contributed by atoms with Crippen LogP contribution in [0.25, 0.3) is 6.08 Å². The maximum Gasteiger partial charge on any atom is 0.286 e. The predicted octanol–water partition coefficient (Wildman–Crippen LogP) is 4.16. The van der Waals surface area contributed by atoms with Gasteiger partial charge in [0.1, 0.15) is 5.75 Å². The van der Waals surface area contributed by atoms with Crippen LogP contribution in [0.1, 0.15) is 25.3 Å². The Bertz CT molecular complexity index is 679. The lowest BCUT2D eigenvalue weighted by Crippen LogP contribution is -2.35. The van der Waals surface area contributed by atoms with Gasteiger partial charge in [0.05, 0.1) is 12.0 Å². The summed E-state index contributed by atoms with van der Waals surface area (Å²) in [4.78, 5) is 19.3. The van der Waals surface area contributed by atoms with Crippen LogP contribution in [-0.4, -0.2) is 36.2 Å². The molecule has 2 heterocycles. The van der Waals surface area contributed by atoms with E-state index in [4.69, 9.17) is 4.74 Å². The summed E-state index contributed by atoms with van der Waals surface area (Å²) in [7, 11) is 1.63. The van der Waals surface area contributed by atoms with E-state index in [2.05, 4.69) is 32.7 Å². The quantitative estimate of drug-likeness (QED) is 0.706. The van der Waals surface area contributed by atoms with Crippen LogP contribution in [0, 0.1) is 5.92 Å². The van der Waals surface area contributed by atoms with Gasteiger partial charge in [0, 0.05) is 23.1 Å². The summed E-state index contributed by atoms with van der Waals surface area (Å²) in [6.07, 6.45) is 4.18. The van der Waals surface area contributed by atoms with Gasteiger partial charge in [0.2, 0.25) is 0 Å². The third kappa shape index (κ3) is 3.80. The number of carbonyl (C=O) groups excluding carboxylic acids is 1. The highest BCUT2D eigenvalue weighted by atomic mass is 79.9. The Morgan fingerprint density at radius 1 is 1.39 bits per heavy atom. The molecular formula is C17H19BrN2O2S. The SMILES string of the molecule is COc1ccc(Br)cc1C=C1SC(N2CCC(C)CC2)=NC1=O. The van der Waals surface area contributed by atoms with Crippen molar-refractivity contribution in [3.8, 4) is 5.75 Å². The van der Waals surface area contributed by atoms with Gasteiger partial charge < -0.3 is 9.64 Å². The van der Waals surface area contributed by atoms with E-state index in [1.807, 2.05) is 24.3 Å². The molecule has 3 rings (SSSR count). The number of amides is 1.